The second-order valence-corrected chi connectivity index (χ2v) is 7.69. The molecule has 0 fully saturated rings. The van der Waals surface area contributed by atoms with E-state index < -0.39 is 16.0 Å². The SMILES string of the molecule is CCc1ccc(S(=O)(=O)N(C)CCc2ccccc2F)cc1C(=O)O. The van der Waals surface area contributed by atoms with Crippen LogP contribution in [0.15, 0.2) is 47.4 Å². The first kappa shape index (κ1) is 19.1. The quantitative estimate of drug-likeness (QED) is 0.819. The van der Waals surface area contributed by atoms with Crippen LogP contribution >= 0.6 is 0 Å². The highest BCUT2D eigenvalue weighted by Crippen LogP contribution is 2.20. The van der Waals surface area contributed by atoms with Crippen molar-refractivity contribution < 1.29 is 22.7 Å². The molecule has 7 heteroatoms. The molecule has 1 N–H and O–H groups in total. The number of hydrogen-bond acceptors (Lipinski definition) is 3. The Labute approximate surface area is 146 Å². The molecule has 0 aliphatic rings. The predicted molar refractivity (Wildman–Crippen MR) is 92.7 cm³/mol. The lowest BCUT2D eigenvalue weighted by molar-refractivity contribution is 0.0695. The van der Waals surface area contributed by atoms with Crippen LogP contribution in [0.25, 0.3) is 0 Å². The topological polar surface area (TPSA) is 74.7 Å². The number of carboxylic acid groups (broad SMARTS) is 1. The molecule has 0 saturated heterocycles. The van der Waals surface area contributed by atoms with Crippen molar-refractivity contribution in [2.45, 2.75) is 24.7 Å². The number of carbonyl (C=O) groups is 1. The lowest BCUT2D eigenvalue weighted by Gasteiger charge is -2.18. The van der Waals surface area contributed by atoms with Gasteiger partial charge < -0.3 is 5.11 Å². The zero-order chi connectivity index (χ0) is 18.6. The van der Waals surface area contributed by atoms with E-state index in [0.717, 1.165) is 4.31 Å². The van der Waals surface area contributed by atoms with E-state index in [4.69, 9.17) is 0 Å². The third kappa shape index (κ3) is 4.24. The molecular formula is C18H20FNO4S. The molecule has 0 spiro atoms. The summed E-state index contributed by atoms with van der Waals surface area (Å²) in [6, 6.07) is 10.3. The fourth-order valence-corrected chi connectivity index (χ4v) is 3.70. The molecule has 5 nitrogen and oxygen atoms in total. The normalized spacial score (nSPS) is 11.7. The fraction of sp³-hybridized carbons (Fsp3) is 0.278. The van der Waals surface area contributed by atoms with Crippen molar-refractivity contribution in [3.05, 3.63) is 65.0 Å². The third-order valence-corrected chi connectivity index (χ3v) is 5.91. The molecule has 0 aliphatic carbocycles. The highest BCUT2D eigenvalue weighted by molar-refractivity contribution is 7.89. The number of benzene rings is 2. The number of sulfonamides is 1. The summed E-state index contributed by atoms with van der Waals surface area (Å²) < 4.78 is 40.1. The van der Waals surface area contributed by atoms with Gasteiger partial charge >= 0.3 is 5.97 Å². The summed E-state index contributed by atoms with van der Waals surface area (Å²) in [6.45, 7) is 1.89. The second-order valence-electron chi connectivity index (χ2n) is 5.65. The van der Waals surface area contributed by atoms with Crippen LogP contribution in [0.1, 0.15) is 28.4 Å². The Hall–Kier alpha value is -2.25. The van der Waals surface area contributed by atoms with Crippen molar-refractivity contribution in [3.8, 4) is 0 Å². The fourth-order valence-electron chi connectivity index (χ4n) is 2.50. The van der Waals surface area contributed by atoms with Gasteiger partial charge in [0.2, 0.25) is 10.0 Å². The van der Waals surface area contributed by atoms with Crippen LogP contribution in [-0.2, 0) is 22.9 Å². The average Bonchev–Trinajstić information content (AvgIpc) is 2.59. The summed E-state index contributed by atoms with van der Waals surface area (Å²) in [5.74, 6) is -1.54. The van der Waals surface area contributed by atoms with Gasteiger partial charge in [0, 0.05) is 13.6 Å². The van der Waals surface area contributed by atoms with E-state index in [1.54, 1.807) is 25.1 Å². The molecule has 2 aromatic carbocycles. The summed E-state index contributed by atoms with van der Waals surface area (Å²) in [7, 11) is -2.46. The van der Waals surface area contributed by atoms with Gasteiger partial charge in [-0.3, -0.25) is 0 Å². The molecule has 0 aromatic heterocycles. The van der Waals surface area contributed by atoms with E-state index in [1.807, 2.05) is 0 Å². The molecule has 134 valence electrons. The molecule has 0 aliphatic heterocycles. The first-order valence-electron chi connectivity index (χ1n) is 7.83. The summed E-state index contributed by atoms with van der Waals surface area (Å²) in [5.41, 5.74) is 0.976. The Morgan fingerprint density at radius 1 is 1.16 bits per heavy atom. The number of halogens is 1. The van der Waals surface area contributed by atoms with Crippen molar-refractivity contribution in [3.63, 3.8) is 0 Å². The molecule has 0 radical (unpaired) electrons. The first-order valence-corrected chi connectivity index (χ1v) is 9.27. The van der Waals surface area contributed by atoms with Crippen LogP contribution in [0, 0.1) is 5.82 Å². The van der Waals surface area contributed by atoms with Crippen molar-refractivity contribution in [1.82, 2.24) is 4.31 Å². The lowest BCUT2D eigenvalue weighted by atomic mass is 10.1. The Balaban J connectivity index is 2.24. The minimum Gasteiger partial charge on any atom is -0.478 e. The maximum atomic E-state index is 13.7. The van der Waals surface area contributed by atoms with Gasteiger partial charge in [-0.2, -0.15) is 0 Å². The van der Waals surface area contributed by atoms with Crippen LogP contribution < -0.4 is 0 Å². The number of rotatable bonds is 7. The standard InChI is InChI=1S/C18H20FNO4S/c1-3-13-8-9-15(12-16(13)18(21)22)25(23,24)20(2)11-10-14-6-4-5-7-17(14)19/h4-9,12H,3,10-11H2,1-2H3,(H,21,22). The number of likely N-dealkylation sites (N-methyl/N-ethyl adjacent to an activating group) is 1. The van der Waals surface area contributed by atoms with Gasteiger partial charge in [0.25, 0.3) is 0 Å². The molecule has 0 saturated carbocycles. The average molecular weight is 365 g/mol. The second kappa shape index (κ2) is 7.76. The van der Waals surface area contributed by atoms with Gasteiger partial charge in [0.15, 0.2) is 0 Å². The number of aromatic carboxylic acids is 1. The zero-order valence-electron chi connectivity index (χ0n) is 14.1. The molecule has 0 atom stereocenters. The summed E-state index contributed by atoms with van der Waals surface area (Å²) >= 11 is 0. The predicted octanol–water partition coefficient (Wildman–Crippen LogP) is 2.95. The van der Waals surface area contributed by atoms with Crippen LogP contribution in [-0.4, -0.2) is 37.4 Å². The molecule has 25 heavy (non-hydrogen) atoms. The Bertz CT molecular complexity index is 880. The Morgan fingerprint density at radius 3 is 2.44 bits per heavy atom. The van der Waals surface area contributed by atoms with E-state index in [0.29, 0.717) is 17.5 Å². The molecule has 0 unspecified atom stereocenters. The smallest absolute Gasteiger partial charge is 0.336 e. The maximum Gasteiger partial charge on any atom is 0.336 e. The van der Waals surface area contributed by atoms with Crippen LogP contribution in [0.2, 0.25) is 0 Å². The van der Waals surface area contributed by atoms with Gasteiger partial charge in [-0.05, 0) is 42.2 Å². The van der Waals surface area contributed by atoms with Crippen LogP contribution in [0.3, 0.4) is 0 Å². The largest absolute Gasteiger partial charge is 0.478 e. The van der Waals surface area contributed by atoms with Gasteiger partial charge in [0.05, 0.1) is 10.5 Å². The van der Waals surface area contributed by atoms with Gasteiger partial charge in [-0.15, -0.1) is 0 Å². The molecule has 0 amide bonds. The highest BCUT2D eigenvalue weighted by atomic mass is 32.2. The molecular weight excluding hydrogens is 345 g/mol. The van der Waals surface area contributed by atoms with Crippen LogP contribution in [0.4, 0.5) is 4.39 Å². The summed E-state index contributed by atoms with van der Waals surface area (Å²) in [5, 5.41) is 9.26. The van der Waals surface area contributed by atoms with E-state index in [9.17, 15) is 22.7 Å². The zero-order valence-corrected chi connectivity index (χ0v) is 14.9. The van der Waals surface area contributed by atoms with Crippen molar-refractivity contribution in [2.24, 2.45) is 0 Å². The number of aryl methyl sites for hydroxylation is 1. The van der Waals surface area contributed by atoms with Gasteiger partial charge in [0.1, 0.15) is 5.82 Å². The maximum absolute atomic E-state index is 13.7. The molecule has 2 rings (SSSR count). The van der Waals surface area contributed by atoms with E-state index in [-0.39, 0.29) is 29.2 Å². The van der Waals surface area contributed by atoms with Gasteiger partial charge in [-0.1, -0.05) is 31.2 Å². The molecule has 0 heterocycles. The Morgan fingerprint density at radius 2 is 1.84 bits per heavy atom. The third-order valence-electron chi connectivity index (χ3n) is 4.05. The number of nitrogens with zero attached hydrogens (tertiary/aromatic N) is 1. The van der Waals surface area contributed by atoms with E-state index in [2.05, 4.69) is 0 Å². The van der Waals surface area contributed by atoms with Crippen molar-refractivity contribution in [2.75, 3.05) is 13.6 Å². The highest BCUT2D eigenvalue weighted by Gasteiger charge is 2.23. The van der Waals surface area contributed by atoms with E-state index >= 15 is 0 Å². The monoisotopic (exact) mass is 365 g/mol. The lowest BCUT2D eigenvalue weighted by Crippen LogP contribution is -2.29. The summed E-state index contributed by atoms with van der Waals surface area (Å²) in [6.07, 6.45) is 0.715. The van der Waals surface area contributed by atoms with Gasteiger partial charge in [-0.25, -0.2) is 21.9 Å². The summed E-state index contributed by atoms with van der Waals surface area (Å²) in [4.78, 5) is 11.2. The number of carboxylic acids is 1. The Kier molecular flexibility index (Phi) is 5.92. The molecule has 2 aromatic rings. The minimum absolute atomic E-state index is 0.0221. The van der Waals surface area contributed by atoms with Crippen molar-refractivity contribution in [1.29, 1.82) is 0 Å². The van der Waals surface area contributed by atoms with Crippen molar-refractivity contribution >= 4 is 16.0 Å². The molecule has 0 bridgehead atoms. The minimum atomic E-state index is -3.86. The van der Waals surface area contributed by atoms with Crippen LogP contribution in [0.5, 0.6) is 0 Å². The van der Waals surface area contributed by atoms with E-state index in [1.165, 1.54) is 31.3 Å². The number of hydrogen-bond donors (Lipinski definition) is 1. The first-order chi connectivity index (χ1) is 11.8.